The molecule has 0 bridgehead atoms. The van der Waals surface area contributed by atoms with Gasteiger partial charge in [0.1, 0.15) is 5.60 Å². The number of methoxy groups -OCH3 is 2. The van der Waals surface area contributed by atoms with Crippen LogP contribution in [-0.2, 0) is 35.0 Å². The Balaban J connectivity index is 1.73. The monoisotopic (exact) mass is 671 g/mol. The minimum Gasteiger partial charge on any atom is -0.466 e. The van der Waals surface area contributed by atoms with Crippen molar-refractivity contribution in [3.63, 3.8) is 0 Å². The van der Waals surface area contributed by atoms with E-state index in [-0.39, 0.29) is 52.3 Å². The molecule has 1 saturated heterocycles. The van der Waals surface area contributed by atoms with Crippen LogP contribution in [0.1, 0.15) is 50.7 Å². The number of hydrogen-bond acceptors (Lipinski definition) is 8. The normalized spacial score (nSPS) is 17.0. The number of hydrogen-bond donors (Lipinski definition) is 1. The highest BCUT2D eigenvalue weighted by molar-refractivity contribution is 6.36. The molecule has 4 rings (SSSR count). The van der Waals surface area contributed by atoms with Crippen LogP contribution in [0.2, 0.25) is 10.0 Å². The van der Waals surface area contributed by atoms with Crippen molar-refractivity contribution in [2.45, 2.75) is 51.6 Å². The first-order valence-electron chi connectivity index (χ1n) is 15.0. The van der Waals surface area contributed by atoms with Gasteiger partial charge in [0.25, 0.3) is 0 Å². The molecule has 1 atom stereocenters. The Hall–Kier alpha value is -4.02. The zero-order valence-electron chi connectivity index (χ0n) is 26.7. The molecule has 1 N–H and O–H groups in total. The number of nitrogens with zero attached hydrogens (tertiary/aromatic N) is 2. The summed E-state index contributed by atoms with van der Waals surface area (Å²) in [6.45, 7) is 6.54. The average Bonchev–Trinajstić information content (AvgIpc) is 3.02. The first-order chi connectivity index (χ1) is 21.8. The lowest BCUT2D eigenvalue weighted by atomic mass is 9.78. The van der Waals surface area contributed by atoms with Crippen molar-refractivity contribution in [2.24, 2.45) is 0 Å². The number of ether oxygens (including phenoxy) is 3. The molecule has 2 aromatic rings. The third-order valence-electron chi connectivity index (χ3n) is 7.75. The number of carbonyl (C=O) groups is 4. The number of allylic oxidation sites excluding steroid dienone is 1. The molecule has 2 heterocycles. The van der Waals surface area contributed by atoms with E-state index in [1.165, 1.54) is 14.2 Å². The Bertz CT molecular complexity index is 1520. The molecule has 2 aliphatic heterocycles. The predicted octanol–water partition coefficient (Wildman–Crippen LogP) is 5.64. The number of rotatable bonds is 8. The minimum absolute atomic E-state index is 0.0297. The van der Waals surface area contributed by atoms with Crippen LogP contribution in [0.5, 0.6) is 0 Å². The fourth-order valence-electron chi connectivity index (χ4n) is 5.57. The SMILES string of the molecule is COC(=O)C1=C(CCc2ccccc2)NC(CC(=O)N2CCN(C(=O)OC(C)(C)C)CC2)=C(C(=O)OC)C1c1c(Cl)cccc1Cl. The maximum atomic E-state index is 13.8. The minimum atomic E-state index is -1.08. The molecule has 0 radical (unpaired) electrons. The van der Waals surface area contributed by atoms with Crippen LogP contribution in [0, 0.1) is 0 Å². The fourth-order valence-corrected chi connectivity index (χ4v) is 6.18. The van der Waals surface area contributed by atoms with Crippen molar-refractivity contribution in [2.75, 3.05) is 40.4 Å². The van der Waals surface area contributed by atoms with Gasteiger partial charge in [0.2, 0.25) is 5.91 Å². The summed E-state index contributed by atoms with van der Waals surface area (Å²) >= 11 is 13.4. The van der Waals surface area contributed by atoms with Gasteiger partial charge in [-0.2, -0.15) is 0 Å². The largest absolute Gasteiger partial charge is 0.466 e. The second-order valence-corrected chi connectivity index (χ2v) is 12.8. The molecular weight excluding hydrogens is 633 g/mol. The van der Waals surface area contributed by atoms with E-state index in [2.05, 4.69) is 5.32 Å². The van der Waals surface area contributed by atoms with E-state index in [0.29, 0.717) is 37.2 Å². The van der Waals surface area contributed by atoms with Crippen LogP contribution >= 0.6 is 23.2 Å². The van der Waals surface area contributed by atoms with E-state index < -0.39 is 29.6 Å². The Morgan fingerprint density at radius 1 is 0.783 bits per heavy atom. The number of aryl methyl sites for hydroxylation is 1. The van der Waals surface area contributed by atoms with E-state index in [1.54, 1.807) is 48.8 Å². The Morgan fingerprint density at radius 3 is 1.87 bits per heavy atom. The van der Waals surface area contributed by atoms with E-state index in [1.807, 2.05) is 30.3 Å². The summed E-state index contributed by atoms with van der Waals surface area (Å²) in [5, 5.41) is 3.72. The number of nitrogens with one attached hydrogen (secondary N) is 1. The highest BCUT2D eigenvalue weighted by atomic mass is 35.5. The molecule has 0 spiro atoms. The number of amides is 2. The van der Waals surface area contributed by atoms with Gasteiger partial charge < -0.3 is 29.3 Å². The molecule has 2 aliphatic rings. The molecule has 0 saturated carbocycles. The Labute approximate surface area is 279 Å². The van der Waals surface area contributed by atoms with Gasteiger partial charge in [0.15, 0.2) is 0 Å². The zero-order chi connectivity index (χ0) is 33.6. The van der Waals surface area contributed by atoms with Crippen LogP contribution in [0.15, 0.2) is 71.1 Å². The van der Waals surface area contributed by atoms with Crippen molar-refractivity contribution >= 4 is 47.1 Å². The van der Waals surface area contributed by atoms with E-state index in [0.717, 1.165) is 5.56 Å². The van der Waals surface area contributed by atoms with Crippen molar-refractivity contribution in [3.05, 3.63) is 92.2 Å². The van der Waals surface area contributed by atoms with E-state index in [9.17, 15) is 19.2 Å². The van der Waals surface area contributed by atoms with Gasteiger partial charge in [0, 0.05) is 53.2 Å². The van der Waals surface area contributed by atoms with E-state index >= 15 is 0 Å². The van der Waals surface area contributed by atoms with Crippen molar-refractivity contribution in [1.29, 1.82) is 0 Å². The second-order valence-electron chi connectivity index (χ2n) is 12.0. The molecule has 2 amide bonds. The van der Waals surface area contributed by atoms with Gasteiger partial charge in [-0.3, -0.25) is 4.79 Å². The third kappa shape index (κ3) is 8.22. The lowest BCUT2D eigenvalue weighted by Gasteiger charge is -2.37. The quantitative estimate of drug-likeness (QED) is 0.284. The molecule has 46 heavy (non-hydrogen) atoms. The van der Waals surface area contributed by atoms with Crippen molar-refractivity contribution in [3.8, 4) is 0 Å². The number of halogens is 2. The van der Waals surface area contributed by atoms with Crippen LogP contribution in [0.25, 0.3) is 0 Å². The number of esters is 2. The van der Waals surface area contributed by atoms with Gasteiger partial charge in [-0.25, -0.2) is 14.4 Å². The van der Waals surface area contributed by atoms with E-state index in [4.69, 9.17) is 37.4 Å². The molecule has 10 nitrogen and oxygen atoms in total. The topological polar surface area (TPSA) is 114 Å². The lowest BCUT2D eigenvalue weighted by Crippen LogP contribution is -2.52. The summed E-state index contributed by atoms with van der Waals surface area (Å²) < 4.78 is 15.9. The van der Waals surface area contributed by atoms with Crippen LogP contribution in [0.3, 0.4) is 0 Å². The number of benzene rings is 2. The Morgan fingerprint density at radius 2 is 1.33 bits per heavy atom. The highest BCUT2D eigenvalue weighted by Crippen LogP contribution is 2.46. The first kappa shape index (κ1) is 34.8. The predicted molar refractivity (Wildman–Crippen MR) is 174 cm³/mol. The maximum absolute atomic E-state index is 13.8. The number of carbonyl (C=O) groups excluding carboxylic acids is 4. The first-order valence-corrected chi connectivity index (χ1v) is 15.7. The summed E-state index contributed by atoms with van der Waals surface area (Å²) in [4.78, 5) is 56.6. The summed E-state index contributed by atoms with van der Waals surface area (Å²) in [7, 11) is 2.48. The molecule has 1 fully saturated rings. The van der Waals surface area contributed by atoms with Crippen LogP contribution in [-0.4, -0.2) is 79.7 Å². The summed E-state index contributed by atoms with van der Waals surface area (Å²) in [6, 6.07) is 14.6. The van der Waals surface area contributed by atoms with Gasteiger partial charge in [-0.05, 0) is 51.3 Å². The van der Waals surface area contributed by atoms with Crippen molar-refractivity contribution in [1.82, 2.24) is 15.1 Å². The molecule has 246 valence electrons. The van der Waals surface area contributed by atoms with Gasteiger partial charge in [-0.15, -0.1) is 0 Å². The fraction of sp³-hybridized carbons (Fsp3) is 0.412. The standard InChI is InChI=1S/C34H39Cl2N3O7/c1-34(2,3)46-33(43)39-18-16-38(17-19-39)26(40)20-25-29(32(42)45-5)30(27-22(35)12-9-13-23(27)36)28(31(41)44-4)24(37-25)15-14-21-10-7-6-8-11-21/h6-13,30,37H,14-20H2,1-5H3. The second kappa shape index (κ2) is 15.0. The molecule has 2 aromatic carbocycles. The number of piperazine rings is 1. The van der Waals surface area contributed by atoms with Crippen molar-refractivity contribution < 1.29 is 33.4 Å². The average molecular weight is 673 g/mol. The summed E-state index contributed by atoms with van der Waals surface area (Å²) in [5.74, 6) is -2.79. The van der Waals surface area contributed by atoms with Crippen LogP contribution < -0.4 is 5.32 Å². The van der Waals surface area contributed by atoms with Gasteiger partial charge >= 0.3 is 18.0 Å². The van der Waals surface area contributed by atoms with Crippen LogP contribution in [0.4, 0.5) is 4.79 Å². The lowest BCUT2D eigenvalue weighted by molar-refractivity contribution is -0.137. The Kier molecular flexibility index (Phi) is 11.4. The summed E-state index contributed by atoms with van der Waals surface area (Å²) in [6.07, 6.45) is 0.257. The van der Waals surface area contributed by atoms with Gasteiger partial charge in [0.05, 0.1) is 37.7 Å². The smallest absolute Gasteiger partial charge is 0.410 e. The molecule has 1 unspecified atom stereocenters. The third-order valence-corrected chi connectivity index (χ3v) is 8.41. The molecule has 12 heteroatoms. The zero-order valence-corrected chi connectivity index (χ0v) is 28.2. The summed E-state index contributed by atoms with van der Waals surface area (Å²) in [5.41, 5.74) is 1.63. The molecular formula is C34H39Cl2N3O7. The molecule has 0 aromatic heterocycles. The molecule has 0 aliphatic carbocycles. The van der Waals surface area contributed by atoms with Gasteiger partial charge in [-0.1, -0.05) is 59.6 Å². The highest BCUT2D eigenvalue weighted by Gasteiger charge is 2.42. The number of dihydropyridines is 1. The maximum Gasteiger partial charge on any atom is 0.410 e.